The molecule has 0 atom stereocenters. The molecule has 1 aliphatic heterocycles. The number of nitrogens with zero attached hydrogens (tertiary/aromatic N) is 1. The predicted molar refractivity (Wildman–Crippen MR) is 123 cm³/mol. The van der Waals surface area contributed by atoms with E-state index in [1.165, 1.54) is 4.90 Å². The highest BCUT2D eigenvalue weighted by Gasteiger charge is 2.39. The molecule has 8 heteroatoms. The highest BCUT2D eigenvalue weighted by atomic mass is 35.5. The lowest BCUT2D eigenvalue weighted by molar-refractivity contribution is -0.137. The number of anilines is 1. The van der Waals surface area contributed by atoms with E-state index in [-0.39, 0.29) is 22.8 Å². The largest absolute Gasteiger partial charge is 0.495 e. The molecule has 0 aromatic heterocycles. The highest BCUT2D eigenvalue weighted by molar-refractivity contribution is 6.41. The van der Waals surface area contributed by atoms with Crippen molar-refractivity contribution < 1.29 is 19.1 Å². The Morgan fingerprint density at radius 1 is 1.06 bits per heavy atom. The number of nitrogens with one attached hydrogen (secondary N) is 1. The quantitative estimate of drug-likeness (QED) is 0.422. The molecule has 1 aliphatic rings. The Morgan fingerprint density at radius 2 is 1.84 bits per heavy atom. The fourth-order valence-electron chi connectivity index (χ4n) is 3.36. The number of amides is 2. The number of methoxy groups -OCH3 is 1. The lowest BCUT2D eigenvalue weighted by atomic mass is 10.0. The smallest absolute Gasteiger partial charge is 0.278 e. The van der Waals surface area contributed by atoms with Crippen LogP contribution in [-0.2, 0) is 14.3 Å². The molecule has 2 aromatic carbocycles. The number of ether oxygens (including phenoxy) is 2. The Bertz CT molecular complexity index is 1040. The average molecular weight is 463 g/mol. The molecule has 31 heavy (non-hydrogen) atoms. The number of halogens is 2. The van der Waals surface area contributed by atoms with Gasteiger partial charge in [0.25, 0.3) is 11.8 Å². The van der Waals surface area contributed by atoms with Gasteiger partial charge in [0.05, 0.1) is 23.4 Å². The van der Waals surface area contributed by atoms with Gasteiger partial charge in [-0.2, -0.15) is 0 Å². The van der Waals surface area contributed by atoms with Crippen molar-refractivity contribution in [2.45, 2.75) is 20.3 Å². The third kappa shape index (κ3) is 5.03. The Morgan fingerprint density at radius 3 is 2.52 bits per heavy atom. The molecule has 0 radical (unpaired) electrons. The lowest BCUT2D eigenvalue weighted by Gasteiger charge is -2.16. The molecule has 0 spiro atoms. The molecule has 0 saturated heterocycles. The van der Waals surface area contributed by atoms with E-state index in [9.17, 15) is 9.59 Å². The topological polar surface area (TPSA) is 67.9 Å². The number of imide groups is 1. The first-order valence-electron chi connectivity index (χ1n) is 9.92. The van der Waals surface area contributed by atoms with E-state index < -0.39 is 11.8 Å². The molecule has 1 N–H and O–H groups in total. The summed E-state index contributed by atoms with van der Waals surface area (Å²) >= 11 is 12.4. The van der Waals surface area contributed by atoms with Gasteiger partial charge in [0, 0.05) is 30.3 Å². The van der Waals surface area contributed by atoms with E-state index in [0.717, 1.165) is 5.56 Å². The Balaban J connectivity index is 2.04. The van der Waals surface area contributed by atoms with Crippen molar-refractivity contribution in [2.75, 3.05) is 32.2 Å². The van der Waals surface area contributed by atoms with E-state index in [0.29, 0.717) is 41.7 Å². The molecule has 0 saturated carbocycles. The van der Waals surface area contributed by atoms with Crippen LogP contribution in [0.25, 0.3) is 5.57 Å². The second kappa shape index (κ2) is 10.2. The molecule has 0 aliphatic carbocycles. The average Bonchev–Trinajstić information content (AvgIpc) is 2.95. The van der Waals surface area contributed by atoms with Gasteiger partial charge in [-0.1, -0.05) is 35.3 Å². The van der Waals surface area contributed by atoms with Crippen LogP contribution < -0.4 is 10.1 Å². The fourth-order valence-corrected chi connectivity index (χ4v) is 3.86. The summed E-state index contributed by atoms with van der Waals surface area (Å²) in [5.41, 5.74) is 2.34. The molecule has 0 fully saturated rings. The molecule has 2 aromatic rings. The summed E-state index contributed by atoms with van der Waals surface area (Å²) < 4.78 is 10.8. The second-order valence-corrected chi connectivity index (χ2v) is 7.86. The standard InChI is InChI=1S/C23H24Cl2N2O4/c1-4-31-11-5-10-27-22(28)20(16-8-7-15(24)13-17(16)25)21(23(27)29)26-18-12-14(2)6-9-19(18)30-3/h6-9,12-13,26H,4-5,10-11H2,1-3H3. The lowest BCUT2D eigenvalue weighted by Crippen LogP contribution is -2.34. The summed E-state index contributed by atoms with van der Waals surface area (Å²) in [6.45, 7) is 5.09. The van der Waals surface area contributed by atoms with Gasteiger partial charge in [-0.3, -0.25) is 14.5 Å². The number of carbonyl (C=O) groups is 2. The molecule has 164 valence electrons. The van der Waals surface area contributed by atoms with Gasteiger partial charge in [-0.15, -0.1) is 0 Å². The summed E-state index contributed by atoms with van der Waals surface area (Å²) in [5.74, 6) is -0.291. The first kappa shape index (κ1) is 23.1. The molecule has 0 bridgehead atoms. The molecule has 2 amide bonds. The first-order chi connectivity index (χ1) is 14.9. The number of rotatable bonds is 9. The third-order valence-corrected chi connectivity index (χ3v) is 5.41. The van der Waals surface area contributed by atoms with Crippen LogP contribution >= 0.6 is 23.2 Å². The van der Waals surface area contributed by atoms with Crippen molar-refractivity contribution in [3.05, 3.63) is 63.3 Å². The summed E-state index contributed by atoms with van der Waals surface area (Å²) in [7, 11) is 1.54. The Labute approximate surface area is 191 Å². The number of aryl methyl sites for hydroxylation is 1. The molecule has 1 heterocycles. The zero-order valence-corrected chi connectivity index (χ0v) is 19.1. The summed E-state index contributed by atoms with van der Waals surface area (Å²) in [5, 5.41) is 3.85. The van der Waals surface area contributed by atoms with Gasteiger partial charge in [-0.05, 0) is 50.1 Å². The molecule has 3 rings (SSSR count). The zero-order chi connectivity index (χ0) is 22.5. The maximum absolute atomic E-state index is 13.3. The van der Waals surface area contributed by atoms with Gasteiger partial charge in [0.15, 0.2) is 0 Å². The minimum Gasteiger partial charge on any atom is -0.495 e. The van der Waals surface area contributed by atoms with Crippen LogP contribution in [0, 0.1) is 6.92 Å². The van der Waals surface area contributed by atoms with Crippen molar-refractivity contribution in [2.24, 2.45) is 0 Å². The first-order valence-corrected chi connectivity index (χ1v) is 10.7. The van der Waals surface area contributed by atoms with Crippen LogP contribution in [0.15, 0.2) is 42.1 Å². The van der Waals surface area contributed by atoms with Crippen molar-refractivity contribution >= 4 is 46.3 Å². The number of hydrogen-bond donors (Lipinski definition) is 1. The van der Waals surface area contributed by atoms with E-state index >= 15 is 0 Å². The van der Waals surface area contributed by atoms with Gasteiger partial charge in [0.1, 0.15) is 11.4 Å². The fraction of sp³-hybridized carbons (Fsp3) is 0.304. The molecular weight excluding hydrogens is 439 g/mol. The highest BCUT2D eigenvalue weighted by Crippen LogP contribution is 2.37. The van der Waals surface area contributed by atoms with Crippen LogP contribution in [0.3, 0.4) is 0 Å². The summed E-state index contributed by atoms with van der Waals surface area (Å²) in [6, 6.07) is 10.4. The molecule has 6 nitrogen and oxygen atoms in total. The van der Waals surface area contributed by atoms with Crippen molar-refractivity contribution in [1.82, 2.24) is 4.90 Å². The summed E-state index contributed by atoms with van der Waals surface area (Å²) in [6.07, 6.45) is 0.536. The summed E-state index contributed by atoms with van der Waals surface area (Å²) in [4.78, 5) is 27.8. The second-order valence-electron chi connectivity index (χ2n) is 7.02. The minimum absolute atomic E-state index is 0.148. The number of carbonyl (C=O) groups excluding carboxylic acids is 2. The Hall–Kier alpha value is -2.54. The van der Waals surface area contributed by atoms with Crippen molar-refractivity contribution in [1.29, 1.82) is 0 Å². The van der Waals surface area contributed by atoms with Gasteiger partial charge < -0.3 is 14.8 Å². The Kier molecular flexibility index (Phi) is 7.59. The van der Waals surface area contributed by atoms with E-state index in [1.807, 2.05) is 26.0 Å². The van der Waals surface area contributed by atoms with Crippen LogP contribution in [0.1, 0.15) is 24.5 Å². The van der Waals surface area contributed by atoms with Crippen LogP contribution in [0.4, 0.5) is 5.69 Å². The van der Waals surface area contributed by atoms with E-state index in [4.69, 9.17) is 32.7 Å². The zero-order valence-electron chi connectivity index (χ0n) is 17.6. The predicted octanol–water partition coefficient (Wildman–Crippen LogP) is 4.93. The molecule has 0 unspecified atom stereocenters. The van der Waals surface area contributed by atoms with Crippen LogP contribution in [0.5, 0.6) is 5.75 Å². The van der Waals surface area contributed by atoms with Gasteiger partial charge >= 0.3 is 0 Å². The number of benzene rings is 2. The van der Waals surface area contributed by atoms with Gasteiger partial charge in [-0.25, -0.2) is 0 Å². The van der Waals surface area contributed by atoms with Gasteiger partial charge in [0.2, 0.25) is 0 Å². The van der Waals surface area contributed by atoms with E-state index in [2.05, 4.69) is 5.32 Å². The molecular formula is C23H24Cl2N2O4. The van der Waals surface area contributed by atoms with Crippen LogP contribution in [0.2, 0.25) is 10.0 Å². The normalized spacial score (nSPS) is 13.9. The monoisotopic (exact) mass is 462 g/mol. The van der Waals surface area contributed by atoms with Crippen LogP contribution in [-0.4, -0.2) is 43.6 Å². The SMILES string of the molecule is CCOCCCN1C(=O)C(Nc2cc(C)ccc2OC)=C(c2ccc(Cl)cc2Cl)C1=O. The maximum atomic E-state index is 13.3. The minimum atomic E-state index is -0.425. The number of hydrogen-bond acceptors (Lipinski definition) is 5. The van der Waals surface area contributed by atoms with Crippen molar-refractivity contribution in [3.63, 3.8) is 0 Å². The third-order valence-electron chi connectivity index (χ3n) is 4.86. The van der Waals surface area contributed by atoms with Crippen molar-refractivity contribution in [3.8, 4) is 5.75 Å². The maximum Gasteiger partial charge on any atom is 0.278 e. The van der Waals surface area contributed by atoms with E-state index in [1.54, 1.807) is 31.4 Å².